The predicted octanol–water partition coefficient (Wildman–Crippen LogP) is 2.92. The van der Waals surface area contributed by atoms with Crippen LogP contribution in [-0.2, 0) is 4.74 Å². The number of ether oxygens (including phenoxy) is 1. The Morgan fingerprint density at radius 1 is 0.893 bits per heavy atom. The summed E-state index contributed by atoms with van der Waals surface area (Å²) in [6.45, 7) is 5.33. The number of anilines is 3. The first kappa shape index (κ1) is 19.6. The van der Waals surface area contributed by atoms with Gasteiger partial charge in [0.1, 0.15) is 11.6 Å². The highest BCUT2D eigenvalue weighted by molar-refractivity contribution is 7.80. The number of hydrogen-bond acceptors (Lipinski definition) is 6. The van der Waals surface area contributed by atoms with Crippen molar-refractivity contribution in [1.29, 1.82) is 0 Å². The fraction of sp³-hybridized carbons (Fsp3) is 0.750. The van der Waals surface area contributed by atoms with Gasteiger partial charge in [0, 0.05) is 38.3 Å². The van der Waals surface area contributed by atoms with Crippen molar-refractivity contribution in [3.05, 3.63) is 6.07 Å². The monoisotopic (exact) mass is 404 g/mol. The van der Waals surface area contributed by atoms with E-state index in [1.807, 2.05) is 0 Å². The molecule has 8 heteroatoms. The Morgan fingerprint density at radius 3 is 2.14 bits per heavy atom. The normalized spacial score (nSPS) is 21.4. The molecule has 3 heterocycles. The SMILES string of the molecule is S=C(Nc1nc(N2CCCCCC2)cc(N2CCOCC2)n1)NC1CCCC1. The summed E-state index contributed by atoms with van der Waals surface area (Å²) in [5.41, 5.74) is 0. The lowest BCUT2D eigenvalue weighted by Crippen LogP contribution is -2.38. The van der Waals surface area contributed by atoms with Gasteiger partial charge in [0.2, 0.25) is 5.95 Å². The van der Waals surface area contributed by atoms with Gasteiger partial charge in [-0.25, -0.2) is 0 Å². The minimum absolute atomic E-state index is 0.479. The second-order valence-electron chi connectivity index (χ2n) is 7.99. The van der Waals surface area contributed by atoms with Crippen LogP contribution in [0.15, 0.2) is 6.07 Å². The number of hydrogen-bond donors (Lipinski definition) is 2. The van der Waals surface area contributed by atoms with Crippen LogP contribution in [0, 0.1) is 0 Å². The Hall–Kier alpha value is -1.67. The molecule has 1 aliphatic carbocycles. The first-order valence-electron chi connectivity index (χ1n) is 10.8. The molecule has 0 amide bonds. The molecule has 0 unspecified atom stereocenters. The number of aromatic nitrogens is 2. The molecule has 2 saturated heterocycles. The van der Waals surface area contributed by atoms with E-state index in [2.05, 4.69) is 26.5 Å². The molecule has 7 nitrogen and oxygen atoms in total. The molecule has 154 valence electrons. The maximum atomic E-state index is 5.54. The van der Waals surface area contributed by atoms with Gasteiger partial charge in [-0.2, -0.15) is 9.97 Å². The van der Waals surface area contributed by atoms with Crippen molar-refractivity contribution in [3.8, 4) is 0 Å². The van der Waals surface area contributed by atoms with Gasteiger partial charge in [0.15, 0.2) is 5.11 Å². The van der Waals surface area contributed by atoms with E-state index in [0.29, 0.717) is 17.1 Å². The fourth-order valence-electron chi connectivity index (χ4n) is 4.29. The summed E-state index contributed by atoms with van der Waals surface area (Å²) in [6.07, 6.45) is 10.00. The average Bonchev–Trinajstić information content (AvgIpc) is 3.07. The van der Waals surface area contributed by atoms with E-state index in [1.54, 1.807) is 0 Å². The molecule has 0 spiro atoms. The summed E-state index contributed by atoms with van der Waals surface area (Å²) < 4.78 is 5.51. The van der Waals surface area contributed by atoms with Gasteiger partial charge in [-0.15, -0.1) is 0 Å². The molecule has 3 aliphatic rings. The van der Waals surface area contributed by atoms with Gasteiger partial charge in [-0.3, -0.25) is 0 Å². The summed E-state index contributed by atoms with van der Waals surface area (Å²) in [6, 6.07) is 2.61. The van der Waals surface area contributed by atoms with Crippen LogP contribution >= 0.6 is 12.2 Å². The van der Waals surface area contributed by atoms with Crippen molar-refractivity contribution < 1.29 is 4.74 Å². The minimum Gasteiger partial charge on any atom is -0.378 e. The van der Waals surface area contributed by atoms with Crippen molar-refractivity contribution in [2.24, 2.45) is 0 Å². The van der Waals surface area contributed by atoms with Crippen LogP contribution in [0.4, 0.5) is 17.6 Å². The van der Waals surface area contributed by atoms with Crippen LogP contribution < -0.4 is 20.4 Å². The van der Waals surface area contributed by atoms with Crippen LogP contribution in [0.3, 0.4) is 0 Å². The molecule has 0 bridgehead atoms. The van der Waals surface area contributed by atoms with Crippen molar-refractivity contribution >= 4 is 34.9 Å². The molecule has 2 N–H and O–H groups in total. The summed E-state index contributed by atoms with van der Waals surface area (Å²) >= 11 is 5.54. The standard InChI is InChI=1S/C20H32N6OS/c28-20(21-16-7-3-4-8-16)24-19-22-17(25-9-5-1-2-6-10-25)15-18(23-19)26-11-13-27-14-12-26/h15-16H,1-14H2,(H2,21,22,23,24,28). The fourth-order valence-corrected chi connectivity index (χ4v) is 4.55. The first-order chi connectivity index (χ1) is 13.8. The molecule has 0 radical (unpaired) electrons. The quantitative estimate of drug-likeness (QED) is 0.743. The first-order valence-corrected chi connectivity index (χ1v) is 11.2. The van der Waals surface area contributed by atoms with E-state index in [4.69, 9.17) is 26.9 Å². The van der Waals surface area contributed by atoms with Gasteiger partial charge < -0.3 is 25.2 Å². The summed E-state index contributed by atoms with van der Waals surface area (Å²) in [4.78, 5) is 14.3. The van der Waals surface area contributed by atoms with Crippen LogP contribution in [0.5, 0.6) is 0 Å². The zero-order valence-corrected chi connectivity index (χ0v) is 17.5. The molecule has 0 atom stereocenters. The Morgan fingerprint density at radius 2 is 1.50 bits per heavy atom. The lowest BCUT2D eigenvalue weighted by Gasteiger charge is -2.30. The molecule has 28 heavy (non-hydrogen) atoms. The Kier molecular flexibility index (Phi) is 6.80. The lowest BCUT2D eigenvalue weighted by molar-refractivity contribution is 0.122. The highest BCUT2D eigenvalue weighted by Crippen LogP contribution is 2.25. The number of nitrogens with one attached hydrogen (secondary N) is 2. The summed E-state index contributed by atoms with van der Waals surface area (Å²) in [5.74, 6) is 2.56. The maximum absolute atomic E-state index is 5.54. The molecule has 4 rings (SSSR count). The van der Waals surface area contributed by atoms with E-state index in [-0.39, 0.29) is 0 Å². The second-order valence-corrected chi connectivity index (χ2v) is 8.40. The highest BCUT2D eigenvalue weighted by atomic mass is 32.1. The topological polar surface area (TPSA) is 65.6 Å². The Labute approximate surface area is 173 Å². The van der Waals surface area contributed by atoms with Gasteiger partial charge in [0.25, 0.3) is 0 Å². The number of nitrogens with zero attached hydrogens (tertiary/aromatic N) is 4. The van der Waals surface area contributed by atoms with E-state index in [9.17, 15) is 0 Å². The number of rotatable bonds is 4. The third-order valence-corrected chi connectivity index (χ3v) is 6.10. The zero-order chi connectivity index (χ0) is 19.2. The largest absolute Gasteiger partial charge is 0.378 e. The smallest absolute Gasteiger partial charge is 0.232 e. The lowest BCUT2D eigenvalue weighted by atomic mass is 10.2. The number of thiocarbonyl (C=S) groups is 1. The minimum atomic E-state index is 0.479. The molecule has 3 fully saturated rings. The maximum Gasteiger partial charge on any atom is 0.232 e. The van der Waals surface area contributed by atoms with Crippen molar-refractivity contribution in [2.45, 2.75) is 57.4 Å². The molecule has 1 aromatic heterocycles. The van der Waals surface area contributed by atoms with Gasteiger partial charge in [0.05, 0.1) is 13.2 Å². The third-order valence-electron chi connectivity index (χ3n) is 5.88. The van der Waals surface area contributed by atoms with E-state index in [1.165, 1.54) is 51.4 Å². The molecular weight excluding hydrogens is 372 g/mol. The predicted molar refractivity (Wildman–Crippen MR) is 117 cm³/mol. The molecule has 2 aliphatic heterocycles. The van der Waals surface area contributed by atoms with Gasteiger partial charge >= 0.3 is 0 Å². The average molecular weight is 405 g/mol. The van der Waals surface area contributed by atoms with Crippen molar-refractivity contribution in [3.63, 3.8) is 0 Å². The Bertz CT molecular complexity index is 652. The molecule has 1 aromatic rings. The van der Waals surface area contributed by atoms with E-state index < -0.39 is 0 Å². The van der Waals surface area contributed by atoms with Crippen molar-refractivity contribution in [2.75, 3.05) is 54.5 Å². The molecular formula is C20H32N6OS. The highest BCUT2D eigenvalue weighted by Gasteiger charge is 2.20. The van der Waals surface area contributed by atoms with Crippen LogP contribution in [-0.4, -0.2) is 60.5 Å². The number of morpholine rings is 1. The third kappa shape index (κ3) is 5.23. The zero-order valence-electron chi connectivity index (χ0n) is 16.7. The molecule has 0 aromatic carbocycles. The van der Waals surface area contributed by atoms with Gasteiger partial charge in [-0.05, 0) is 37.9 Å². The Balaban J connectivity index is 1.52. The van der Waals surface area contributed by atoms with Crippen LogP contribution in [0.25, 0.3) is 0 Å². The van der Waals surface area contributed by atoms with Crippen LogP contribution in [0.2, 0.25) is 0 Å². The van der Waals surface area contributed by atoms with Gasteiger partial charge in [-0.1, -0.05) is 25.7 Å². The summed E-state index contributed by atoms with van der Waals surface area (Å²) in [5, 5.41) is 7.32. The summed E-state index contributed by atoms with van der Waals surface area (Å²) in [7, 11) is 0. The van der Waals surface area contributed by atoms with E-state index in [0.717, 1.165) is 51.0 Å². The van der Waals surface area contributed by atoms with Crippen molar-refractivity contribution in [1.82, 2.24) is 15.3 Å². The van der Waals surface area contributed by atoms with E-state index >= 15 is 0 Å². The molecule has 1 saturated carbocycles. The van der Waals surface area contributed by atoms with Crippen LogP contribution in [0.1, 0.15) is 51.4 Å². The second kappa shape index (κ2) is 9.69.